The number of aryl methyl sites for hydroxylation is 1. The van der Waals surface area contributed by atoms with Crippen LogP contribution in [-0.2, 0) is 16.2 Å². The zero-order valence-corrected chi connectivity index (χ0v) is 28.0. The number of hydrogen-bond acceptors (Lipinski definition) is 6. The number of benzene rings is 3. The van der Waals surface area contributed by atoms with Crippen molar-refractivity contribution < 1.29 is 19.1 Å². The molecule has 242 valence electrons. The summed E-state index contributed by atoms with van der Waals surface area (Å²) >= 11 is 13.3. The minimum atomic E-state index is -0.455. The van der Waals surface area contributed by atoms with Crippen LogP contribution in [0.15, 0.2) is 85.5 Å². The largest absolute Gasteiger partial charge is 0.487 e. The standard InChI is InChI=1S/C34H30Cl2N6O4.ClH/c1-21-17-28(42-16-15-38-20-42)24-5-4-6-29(33(24)40-21)46-19-25-26(35)12-13-27(32(25)36)41(3)31(44)18-39-30(43)14-9-22-7-10-23(11-8-22)34(45)37-2;/h4-17,20H,18-19H2,1-3H3,(H,37,45)(H,39,43);1H/b14-9+;. The van der Waals surface area contributed by atoms with E-state index in [1.807, 2.05) is 42.0 Å². The van der Waals surface area contributed by atoms with Gasteiger partial charge < -0.3 is 24.8 Å². The van der Waals surface area contributed by atoms with Crippen molar-refractivity contribution in [2.75, 3.05) is 25.5 Å². The number of halogens is 3. The second kappa shape index (κ2) is 15.6. The molecule has 13 heteroatoms. The van der Waals surface area contributed by atoms with Crippen LogP contribution in [0.5, 0.6) is 5.75 Å². The van der Waals surface area contributed by atoms with E-state index in [1.54, 1.807) is 69.1 Å². The number of carbonyl (C=O) groups is 3. The zero-order chi connectivity index (χ0) is 32.8. The fraction of sp³-hybridized carbons (Fsp3) is 0.147. The number of ether oxygens (including phenoxy) is 1. The summed E-state index contributed by atoms with van der Waals surface area (Å²) in [5, 5.41) is 6.64. The van der Waals surface area contributed by atoms with Crippen LogP contribution in [0.1, 0.15) is 27.2 Å². The molecule has 3 amide bonds. The highest BCUT2D eigenvalue weighted by atomic mass is 35.5. The number of anilines is 1. The fourth-order valence-corrected chi connectivity index (χ4v) is 5.33. The predicted molar refractivity (Wildman–Crippen MR) is 187 cm³/mol. The predicted octanol–water partition coefficient (Wildman–Crippen LogP) is 6.19. The second-order valence-corrected chi connectivity index (χ2v) is 11.0. The highest BCUT2D eigenvalue weighted by molar-refractivity contribution is 6.38. The first-order chi connectivity index (χ1) is 22.2. The molecule has 0 saturated heterocycles. The number of pyridine rings is 1. The van der Waals surface area contributed by atoms with Gasteiger partial charge in [-0.15, -0.1) is 12.4 Å². The molecule has 0 aliphatic rings. The molecule has 47 heavy (non-hydrogen) atoms. The number of carbonyl (C=O) groups excluding carboxylic acids is 3. The number of fused-ring (bicyclic) bond motifs is 1. The number of nitrogens with zero attached hydrogens (tertiary/aromatic N) is 4. The van der Waals surface area contributed by atoms with Crippen LogP contribution < -0.4 is 20.3 Å². The van der Waals surface area contributed by atoms with Gasteiger partial charge in [-0.2, -0.15) is 0 Å². The summed E-state index contributed by atoms with van der Waals surface area (Å²) < 4.78 is 8.13. The first-order valence-corrected chi connectivity index (χ1v) is 14.9. The summed E-state index contributed by atoms with van der Waals surface area (Å²) in [4.78, 5) is 47.3. The minimum Gasteiger partial charge on any atom is -0.487 e. The number of likely N-dealkylation sites (N-methyl/N-ethyl adjacent to an activating group) is 1. The molecule has 0 aliphatic heterocycles. The number of hydrogen-bond donors (Lipinski definition) is 2. The van der Waals surface area contributed by atoms with Crippen molar-refractivity contribution in [3.63, 3.8) is 0 Å². The Bertz CT molecular complexity index is 1950. The Morgan fingerprint density at radius 3 is 2.53 bits per heavy atom. The molecule has 3 aromatic carbocycles. The van der Waals surface area contributed by atoms with Gasteiger partial charge in [-0.3, -0.25) is 14.4 Å². The first-order valence-electron chi connectivity index (χ1n) is 14.2. The Hall–Kier alpha value is -4.90. The molecule has 5 aromatic rings. The normalized spacial score (nSPS) is 10.8. The molecule has 10 nitrogen and oxygen atoms in total. The lowest BCUT2D eigenvalue weighted by Crippen LogP contribution is -2.37. The lowest BCUT2D eigenvalue weighted by molar-refractivity contribution is -0.122. The average molecular weight is 694 g/mol. The molecule has 0 aliphatic carbocycles. The van der Waals surface area contributed by atoms with E-state index < -0.39 is 11.8 Å². The number of para-hydroxylation sites is 1. The second-order valence-electron chi connectivity index (χ2n) is 10.3. The van der Waals surface area contributed by atoms with Gasteiger partial charge in [0.2, 0.25) is 11.8 Å². The Balaban J connectivity index is 0.00000500. The van der Waals surface area contributed by atoms with Gasteiger partial charge in [0, 0.05) is 59.8 Å². The Labute approximate surface area is 287 Å². The maximum absolute atomic E-state index is 13.0. The van der Waals surface area contributed by atoms with Gasteiger partial charge in [0.05, 0.1) is 29.3 Å². The van der Waals surface area contributed by atoms with Gasteiger partial charge >= 0.3 is 0 Å². The van der Waals surface area contributed by atoms with E-state index in [9.17, 15) is 14.4 Å². The summed E-state index contributed by atoms with van der Waals surface area (Å²) in [5.74, 6) is -0.506. The highest BCUT2D eigenvalue weighted by Gasteiger charge is 2.20. The van der Waals surface area contributed by atoms with Gasteiger partial charge in [-0.1, -0.05) is 47.5 Å². The van der Waals surface area contributed by atoms with Gasteiger partial charge in [-0.25, -0.2) is 9.97 Å². The molecule has 2 N–H and O–H groups in total. The molecule has 0 atom stereocenters. The van der Waals surface area contributed by atoms with Crippen LogP contribution in [0.2, 0.25) is 10.0 Å². The van der Waals surface area contributed by atoms with E-state index in [0.717, 1.165) is 22.3 Å². The molecular formula is C34H31Cl3N6O4. The zero-order valence-electron chi connectivity index (χ0n) is 25.7. The number of amides is 3. The molecular weight excluding hydrogens is 663 g/mol. The molecule has 0 spiro atoms. The lowest BCUT2D eigenvalue weighted by Gasteiger charge is -2.21. The lowest BCUT2D eigenvalue weighted by atomic mass is 10.1. The van der Waals surface area contributed by atoms with Crippen molar-refractivity contribution in [3.8, 4) is 11.4 Å². The van der Waals surface area contributed by atoms with Crippen LogP contribution in [0.3, 0.4) is 0 Å². The smallest absolute Gasteiger partial charge is 0.251 e. The molecule has 0 radical (unpaired) electrons. The van der Waals surface area contributed by atoms with Crippen molar-refractivity contribution in [1.82, 2.24) is 25.2 Å². The van der Waals surface area contributed by atoms with Gasteiger partial charge in [0.1, 0.15) is 17.9 Å². The number of nitrogens with one attached hydrogen (secondary N) is 2. The van der Waals surface area contributed by atoms with Crippen molar-refractivity contribution in [2.45, 2.75) is 13.5 Å². The third-order valence-electron chi connectivity index (χ3n) is 7.21. The summed E-state index contributed by atoms with van der Waals surface area (Å²) in [6, 6.07) is 17.7. The molecule has 0 unspecified atom stereocenters. The van der Waals surface area contributed by atoms with Crippen molar-refractivity contribution in [1.29, 1.82) is 0 Å². The highest BCUT2D eigenvalue weighted by Crippen LogP contribution is 2.36. The quantitative estimate of drug-likeness (QED) is 0.169. The molecule has 2 heterocycles. The van der Waals surface area contributed by atoms with E-state index in [0.29, 0.717) is 33.1 Å². The third kappa shape index (κ3) is 8.10. The number of aromatic nitrogens is 3. The maximum atomic E-state index is 13.0. The minimum absolute atomic E-state index is 0. The Morgan fingerprint density at radius 1 is 1.06 bits per heavy atom. The molecule has 0 bridgehead atoms. The average Bonchev–Trinajstić information content (AvgIpc) is 3.60. The van der Waals surface area contributed by atoms with E-state index in [4.69, 9.17) is 32.9 Å². The van der Waals surface area contributed by atoms with Gasteiger partial charge in [0.15, 0.2) is 0 Å². The van der Waals surface area contributed by atoms with Crippen LogP contribution >= 0.6 is 35.6 Å². The van der Waals surface area contributed by atoms with Crippen LogP contribution in [0, 0.1) is 6.92 Å². The maximum Gasteiger partial charge on any atom is 0.251 e. The summed E-state index contributed by atoms with van der Waals surface area (Å²) in [5.41, 5.74) is 4.54. The van der Waals surface area contributed by atoms with Crippen molar-refractivity contribution in [2.24, 2.45) is 0 Å². The number of imidazole rings is 1. The van der Waals surface area contributed by atoms with Crippen molar-refractivity contribution in [3.05, 3.63) is 118 Å². The Kier molecular flexibility index (Phi) is 11.6. The molecule has 2 aromatic heterocycles. The molecule has 0 fully saturated rings. The summed E-state index contributed by atoms with van der Waals surface area (Å²) in [7, 11) is 3.12. The van der Waals surface area contributed by atoms with E-state index in [1.165, 1.54) is 11.0 Å². The summed E-state index contributed by atoms with van der Waals surface area (Å²) in [6.07, 6.45) is 8.20. The van der Waals surface area contributed by atoms with Gasteiger partial charge in [0.25, 0.3) is 5.91 Å². The summed E-state index contributed by atoms with van der Waals surface area (Å²) in [6.45, 7) is 1.67. The van der Waals surface area contributed by atoms with Crippen LogP contribution in [-0.4, -0.2) is 52.9 Å². The third-order valence-corrected chi connectivity index (χ3v) is 7.98. The topological polar surface area (TPSA) is 118 Å². The van der Waals surface area contributed by atoms with Crippen LogP contribution in [0.25, 0.3) is 22.7 Å². The first kappa shape index (κ1) is 35.0. The monoisotopic (exact) mass is 692 g/mol. The molecule has 0 saturated carbocycles. The van der Waals surface area contributed by atoms with Gasteiger partial charge in [-0.05, 0) is 55.0 Å². The Morgan fingerprint density at radius 2 is 1.83 bits per heavy atom. The fourth-order valence-electron chi connectivity index (χ4n) is 4.72. The molecule has 5 rings (SSSR count). The SMILES string of the molecule is CNC(=O)c1ccc(/C=C/C(=O)NCC(=O)N(C)c2ccc(Cl)c(COc3cccc4c(-n5ccnc5)cc(C)nc34)c2Cl)cc1.Cl. The van der Waals surface area contributed by atoms with E-state index in [2.05, 4.69) is 15.6 Å². The van der Waals surface area contributed by atoms with Crippen LogP contribution in [0.4, 0.5) is 5.69 Å². The van der Waals surface area contributed by atoms with Crippen molar-refractivity contribution >= 4 is 76.0 Å². The number of rotatable bonds is 10. The van der Waals surface area contributed by atoms with E-state index in [-0.39, 0.29) is 36.5 Å². The van der Waals surface area contributed by atoms with E-state index >= 15 is 0 Å².